The maximum absolute atomic E-state index is 14.9. The van der Waals surface area contributed by atoms with E-state index < -0.39 is 46.3 Å². The first-order valence-corrected chi connectivity index (χ1v) is 50.4. The quantitative estimate of drug-likeness (QED) is 0.0183. The lowest BCUT2D eigenvalue weighted by molar-refractivity contribution is -0.139. The van der Waals surface area contributed by atoms with Crippen molar-refractivity contribution in [2.75, 3.05) is 275 Å². The number of hydrogen-bond donors (Lipinski definition) is 24. The van der Waals surface area contributed by atoms with Gasteiger partial charge in [-0.25, -0.2) is 0 Å². The number of carbonyl (C=O) groups excluding carboxylic acids is 16. The predicted octanol–water partition coefficient (Wildman–Crippen LogP) is -9.11. The molecule has 0 fully saturated rings. The van der Waals surface area contributed by atoms with E-state index in [0.29, 0.717) is 131 Å². The number of rotatable bonds is 74. The molecule has 0 aliphatic heterocycles. The zero-order valence-electron chi connectivity index (χ0n) is 83.4. The molecule has 4 aromatic carbocycles. The van der Waals surface area contributed by atoms with Gasteiger partial charge in [-0.3, -0.25) is 76.7 Å². The largest absolute Gasteiger partial charge is 0.355 e. The Kier molecular flexibility index (Phi) is 55.0. The van der Waals surface area contributed by atoms with Crippen molar-refractivity contribution < 1.29 is 76.7 Å². The van der Waals surface area contributed by atoms with E-state index in [0.717, 1.165) is 44.5 Å². The SMILES string of the molecule is NCCNC(=O)CCN(CCNC(=O)CCN(CCNC(=O)C(=O)NCC12c3ccccc3C(c3ccccc31)C1(CNC(=O)C(=O)NCCN(CCC(=O)NCCN(CCC(=O)NCCN)CCC(=O)NCCN)CCC(=O)NCCN(CCC(=O)NCCN)CCC(=O)NCCN)c3ccccc3C2c2ccccc21)CCC(=O)NCCN(CCC(=O)NCCN)CCC(=O)NCCN)CCC(=O)NCCN. The molecule has 0 atom stereocenters. The second-order valence-corrected chi connectivity index (χ2v) is 35.6. The van der Waals surface area contributed by atoms with Crippen molar-refractivity contribution in [2.24, 2.45) is 45.9 Å². The molecule has 4 bridgehead atoms. The average molecular weight is 2010 g/mol. The van der Waals surface area contributed by atoms with Gasteiger partial charge in [0.15, 0.2) is 0 Å². The van der Waals surface area contributed by atoms with E-state index in [-0.39, 0.29) is 292 Å². The Labute approximate surface area is 843 Å². The van der Waals surface area contributed by atoms with E-state index >= 15 is 0 Å². The summed E-state index contributed by atoms with van der Waals surface area (Å²) in [4.78, 5) is 226. The van der Waals surface area contributed by atoms with Crippen molar-refractivity contribution in [3.05, 3.63) is 142 Å². The Hall–Kier alpha value is -12.2. The molecule has 796 valence electrons. The van der Waals surface area contributed by atoms with Gasteiger partial charge < -0.3 is 160 Å². The Morgan fingerprint density at radius 2 is 0.326 bits per heavy atom. The number of nitrogens with one attached hydrogen (secondary N) is 16. The monoisotopic (exact) mass is 2010 g/mol. The fourth-order valence-corrected chi connectivity index (χ4v) is 18.2. The van der Waals surface area contributed by atoms with Crippen LogP contribution in [0.25, 0.3) is 0 Å². The number of hydrogen-bond acceptors (Lipinski definition) is 30. The van der Waals surface area contributed by atoms with Crippen molar-refractivity contribution in [1.82, 2.24) is 114 Å². The van der Waals surface area contributed by atoms with Gasteiger partial charge in [0, 0.05) is 375 Å². The van der Waals surface area contributed by atoms with E-state index in [1.807, 2.05) is 126 Å². The third-order valence-electron chi connectivity index (χ3n) is 25.5. The van der Waals surface area contributed by atoms with Crippen molar-refractivity contribution in [3.8, 4) is 0 Å². The van der Waals surface area contributed by atoms with E-state index in [1.54, 1.807) is 0 Å². The molecule has 4 aromatic rings. The van der Waals surface area contributed by atoms with Crippen LogP contribution in [-0.4, -0.2) is 399 Å². The lowest BCUT2D eigenvalue weighted by atomic mass is 9.42. The van der Waals surface area contributed by atoms with E-state index in [1.165, 1.54) is 0 Å². The number of nitrogens with zero attached hydrogens (tertiary/aromatic N) is 6. The highest BCUT2D eigenvalue weighted by molar-refractivity contribution is 6.35. The number of nitrogens with two attached hydrogens (primary N) is 8. The van der Waals surface area contributed by atoms with Crippen molar-refractivity contribution >= 4 is 94.5 Å². The standard InChI is InChI=1S/C98H158N30O16/c99-29-37-107-79(129)17-51-123(52-18-80(130)108-38-30-100)63-45-115-87(137)25-59-127(60-26-88(138)116-46-64-124(53-19-81(131)109-39-31-101)54-20-82(132)110-40-32-102)67-49-119-93(141)95(143)121-69-97-75-13-5-1-9-71(75)91(72-10-2-6-14-76(72)97)98(77-15-7-3-11-73(77)92(97)74-12-4-8-16-78(74)98)70-122-96(144)94(142)120-50-68-128(61-27-89(139)117-47-65-125(55-21-83(133)111-41-33-103)56-22-84(134)112-42-34-104)62-28-90(140)118-48-66-126(57-23-85(135)113-43-35-105)58-24-86(136)114-44-36-106/h1-16,91-92H,17-70,99-106H2,(H,107,129)(H,108,130)(H,109,131)(H,110,132)(H,111,133)(H,112,134)(H,113,135)(H,114,136)(H,115,137)(H,116,138)(H,117,139)(H,118,140)(H,119,141)(H,120,142)(H,121,143)(H,122,144). The van der Waals surface area contributed by atoms with Crippen LogP contribution >= 0.6 is 0 Å². The summed E-state index contributed by atoms with van der Waals surface area (Å²) in [6.45, 7) is 8.86. The smallest absolute Gasteiger partial charge is 0.309 e. The summed E-state index contributed by atoms with van der Waals surface area (Å²) in [5.74, 6) is -8.04. The summed E-state index contributed by atoms with van der Waals surface area (Å²) in [5.41, 5.74) is 49.5. The predicted molar refractivity (Wildman–Crippen MR) is 546 cm³/mol. The first-order valence-electron chi connectivity index (χ1n) is 50.4. The second kappa shape index (κ2) is 66.7. The van der Waals surface area contributed by atoms with E-state index in [9.17, 15) is 76.7 Å². The fraction of sp³-hybridized carbons (Fsp3) is 0.592. The Bertz CT molecular complexity index is 4140. The van der Waals surface area contributed by atoms with Gasteiger partial charge >= 0.3 is 23.6 Å². The van der Waals surface area contributed by atoms with Gasteiger partial charge in [0.05, 0.1) is 0 Å². The maximum Gasteiger partial charge on any atom is 0.309 e. The molecule has 0 saturated carbocycles. The van der Waals surface area contributed by atoms with E-state index in [4.69, 9.17) is 45.9 Å². The van der Waals surface area contributed by atoms with Crippen molar-refractivity contribution in [3.63, 3.8) is 0 Å². The zero-order chi connectivity index (χ0) is 104. The molecule has 0 saturated heterocycles. The summed E-state index contributed by atoms with van der Waals surface area (Å²) < 4.78 is 0. The van der Waals surface area contributed by atoms with Crippen molar-refractivity contribution in [2.45, 2.75) is 99.7 Å². The zero-order valence-corrected chi connectivity index (χ0v) is 83.4. The number of carbonyl (C=O) groups is 16. The van der Waals surface area contributed by atoms with Crippen LogP contribution in [0.4, 0.5) is 0 Å². The van der Waals surface area contributed by atoms with Gasteiger partial charge in [-0.05, 0) is 44.5 Å². The molecular weight excluding hydrogens is 1850 g/mol. The van der Waals surface area contributed by atoms with Gasteiger partial charge in [0.25, 0.3) is 0 Å². The van der Waals surface area contributed by atoms with Crippen LogP contribution in [0.5, 0.6) is 0 Å². The Morgan fingerprint density at radius 1 is 0.188 bits per heavy atom. The minimum Gasteiger partial charge on any atom is -0.355 e. The molecule has 16 amide bonds. The Morgan fingerprint density at radius 3 is 0.486 bits per heavy atom. The van der Waals surface area contributed by atoms with Gasteiger partial charge in [-0.15, -0.1) is 0 Å². The third-order valence-corrected chi connectivity index (χ3v) is 25.5. The molecule has 46 nitrogen and oxygen atoms in total. The first kappa shape index (κ1) is 119. The second-order valence-electron chi connectivity index (χ2n) is 35.6. The lowest BCUT2D eigenvalue weighted by Crippen LogP contribution is -2.60. The van der Waals surface area contributed by atoms with Gasteiger partial charge in [-0.1, -0.05) is 97.1 Å². The maximum atomic E-state index is 14.9. The topological polar surface area (TPSA) is 693 Å². The summed E-state index contributed by atoms with van der Waals surface area (Å²) in [6, 6.07) is 31.8. The van der Waals surface area contributed by atoms with Crippen LogP contribution in [0.3, 0.4) is 0 Å². The molecule has 0 aromatic heterocycles. The van der Waals surface area contributed by atoms with Crippen molar-refractivity contribution in [1.29, 1.82) is 0 Å². The molecule has 144 heavy (non-hydrogen) atoms. The molecule has 32 N–H and O–H groups in total. The van der Waals surface area contributed by atoms with Gasteiger partial charge in [0.1, 0.15) is 0 Å². The summed E-state index contributed by atoms with van der Waals surface area (Å²) in [6.07, 6.45) is 0.770. The normalized spacial score (nSPS) is 15.0. The van der Waals surface area contributed by atoms with Crippen LogP contribution in [0, 0.1) is 0 Å². The lowest BCUT2D eigenvalue weighted by Gasteiger charge is -2.60. The van der Waals surface area contributed by atoms with Crippen LogP contribution in [0.2, 0.25) is 0 Å². The summed E-state index contributed by atoms with van der Waals surface area (Å²) in [5, 5.41) is 45.5. The first-order chi connectivity index (χ1) is 69.7. The Balaban J connectivity index is 1.07. The molecule has 0 heterocycles. The summed E-state index contributed by atoms with van der Waals surface area (Å²) in [7, 11) is 0. The minimum absolute atomic E-state index is 0.0528. The molecule has 6 aliphatic carbocycles. The minimum atomic E-state index is -1.12. The number of amides is 16. The fourth-order valence-electron chi connectivity index (χ4n) is 18.2. The number of benzene rings is 4. The van der Waals surface area contributed by atoms with Crippen LogP contribution in [-0.2, 0) is 87.5 Å². The molecule has 6 aliphatic rings. The highest BCUT2D eigenvalue weighted by Gasteiger charge is 2.63. The molecular formula is C98H158N30O16. The highest BCUT2D eigenvalue weighted by atomic mass is 16.2. The summed E-state index contributed by atoms with van der Waals surface area (Å²) >= 11 is 0. The highest BCUT2D eigenvalue weighted by Crippen LogP contribution is 2.68. The van der Waals surface area contributed by atoms with Gasteiger partial charge in [0.2, 0.25) is 70.9 Å². The molecule has 10 rings (SSSR count). The molecule has 0 radical (unpaired) electrons. The van der Waals surface area contributed by atoms with Crippen LogP contribution < -0.4 is 131 Å². The average Bonchev–Trinajstić information content (AvgIpc) is 0.654. The van der Waals surface area contributed by atoms with Crippen LogP contribution in [0.15, 0.2) is 97.1 Å². The van der Waals surface area contributed by atoms with E-state index in [2.05, 4.69) is 85.1 Å². The molecule has 46 heteroatoms. The molecule has 0 unspecified atom stereocenters. The van der Waals surface area contributed by atoms with Gasteiger partial charge in [-0.2, -0.15) is 0 Å². The molecule has 0 spiro atoms. The van der Waals surface area contributed by atoms with Crippen LogP contribution in [0.1, 0.15) is 133 Å². The third kappa shape index (κ3) is 40.1.